The number of benzene rings is 1. The summed E-state index contributed by atoms with van der Waals surface area (Å²) in [6, 6.07) is 1.98. The first-order valence-electron chi connectivity index (χ1n) is 5.20. The van der Waals surface area contributed by atoms with Crippen LogP contribution in [0.15, 0.2) is 12.1 Å². The molecule has 1 aromatic carbocycles. The van der Waals surface area contributed by atoms with Crippen LogP contribution in [0.1, 0.15) is 10.4 Å². The maximum Gasteiger partial charge on any atom is 0.282 e. The lowest BCUT2D eigenvalue weighted by molar-refractivity contribution is -0.385. The maximum atomic E-state index is 10.8. The van der Waals surface area contributed by atoms with Crippen molar-refractivity contribution in [2.24, 2.45) is 0 Å². The summed E-state index contributed by atoms with van der Waals surface area (Å²) in [4.78, 5) is 20.8. The minimum Gasteiger partial charge on any atom is -0.545 e. The van der Waals surface area contributed by atoms with Gasteiger partial charge in [0.2, 0.25) is 0 Å². The molecule has 19 heavy (non-hydrogen) atoms. The third kappa shape index (κ3) is 3.55. The van der Waals surface area contributed by atoms with E-state index in [9.17, 15) is 20.0 Å². The van der Waals surface area contributed by atoms with E-state index in [0.29, 0.717) is 0 Å². The van der Waals surface area contributed by atoms with Gasteiger partial charge in [0.05, 0.1) is 36.2 Å². The fourth-order valence-corrected chi connectivity index (χ4v) is 1.37. The number of carbonyl (C=O) groups excluding carboxylic acids is 1. The molecular weight excluding hydrogens is 258 g/mol. The topological polar surface area (TPSA) is 111 Å². The SMILES string of the molecule is COCCOc1cc([N+](=O)[O-])c(C(=O)[O-])cc1OC. The Bertz CT molecular complexity index is 486. The summed E-state index contributed by atoms with van der Waals surface area (Å²) in [5.41, 5.74) is -1.19. The number of methoxy groups -OCH3 is 2. The summed E-state index contributed by atoms with van der Waals surface area (Å²) in [5.74, 6) is -1.52. The molecule has 0 fully saturated rings. The Morgan fingerprint density at radius 3 is 2.42 bits per heavy atom. The Hall–Kier alpha value is -2.35. The maximum absolute atomic E-state index is 10.8. The van der Waals surface area contributed by atoms with E-state index in [0.717, 1.165) is 12.1 Å². The molecule has 1 rings (SSSR count). The van der Waals surface area contributed by atoms with Gasteiger partial charge in [-0.2, -0.15) is 0 Å². The van der Waals surface area contributed by atoms with Crippen molar-refractivity contribution in [3.05, 3.63) is 27.8 Å². The number of nitro groups is 1. The number of carboxylic acid groups (broad SMARTS) is 1. The van der Waals surface area contributed by atoms with Gasteiger partial charge < -0.3 is 24.1 Å². The predicted octanol–water partition coefficient (Wildman–Crippen LogP) is -0.00790. The van der Waals surface area contributed by atoms with E-state index in [-0.39, 0.29) is 24.7 Å². The van der Waals surface area contributed by atoms with Crippen molar-refractivity contribution in [2.45, 2.75) is 0 Å². The lowest BCUT2D eigenvalue weighted by Gasteiger charge is -2.12. The van der Waals surface area contributed by atoms with Crippen LogP contribution in [0.3, 0.4) is 0 Å². The molecule has 0 aliphatic rings. The van der Waals surface area contributed by atoms with Gasteiger partial charge in [0.15, 0.2) is 11.5 Å². The quantitative estimate of drug-likeness (QED) is 0.389. The van der Waals surface area contributed by atoms with Gasteiger partial charge in [-0.3, -0.25) is 10.1 Å². The Morgan fingerprint density at radius 1 is 1.26 bits per heavy atom. The van der Waals surface area contributed by atoms with Crippen molar-refractivity contribution in [3.8, 4) is 11.5 Å². The van der Waals surface area contributed by atoms with Crippen molar-refractivity contribution in [1.82, 2.24) is 0 Å². The number of carbonyl (C=O) groups is 1. The van der Waals surface area contributed by atoms with Crippen molar-refractivity contribution in [1.29, 1.82) is 0 Å². The van der Waals surface area contributed by atoms with E-state index in [4.69, 9.17) is 14.2 Å². The number of ether oxygens (including phenoxy) is 3. The summed E-state index contributed by atoms with van der Waals surface area (Å²) in [6.07, 6.45) is 0. The van der Waals surface area contributed by atoms with Crippen LogP contribution in [-0.2, 0) is 4.74 Å². The van der Waals surface area contributed by atoms with E-state index in [2.05, 4.69) is 0 Å². The van der Waals surface area contributed by atoms with Crippen LogP contribution >= 0.6 is 0 Å². The number of hydrogen-bond donors (Lipinski definition) is 0. The molecule has 0 aliphatic carbocycles. The monoisotopic (exact) mass is 270 g/mol. The van der Waals surface area contributed by atoms with Gasteiger partial charge >= 0.3 is 0 Å². The molecule has 0 aromatic heterocycles. The van der Waals surface area contributed by atoms with Crippen LogP contribution in [0.4, 0.5) is 5.69 Å². The van der Waals surface area contributed by atoms with Crippen molar-refractivity contribution < 1.29 is 29.0 Å². The fourth-order valence-electron chi connectivity index (χ4n) is 1.37. The molecule has 8 nitrogen and oxygen atoms in total. The molecule has 0 atom stereocenters. The second-order valence-corrected chi connectivity index (χ2v) is 3.41. The van der Waals surface area contributed by atoms with Crippen LogP contribution in [0, 0.1) is 10.1 Å². The van der Waals surface area contributed by atoms with Crippen molar-refractivity contribution in [3.63, 3.8) is 0 Å². The van der Waals surface area contributed by atoms with Gasteiger partial charge in [0.25, 0.3) is 5.69 Å². The summed E-state index contributed by atoms with van der Waals surface area (Å²) in [7, 11) is 2.77. The summed E-state index contributed by atoms with van der Waals surface area (Å²) >= 11 is 0. The van der Waals surface area contributed by atoms with E-state index in [1.54, 1.807) is 0 Å². The number of nitrogens with zero attached hydrogens (tertiary/aromatic N) is 1. The minimum absolute atomic E-state index is 0.0660. The first kappa shape index (κ1) is 14.7. The Kier molecular flexibility index (Phi) is 5.07. The third-order valence-corrected chi connectivity index (χ3v) is 2.24. The van der Waals surface area contributed by atoms with Crippen LogP contribution in [-0.4, -0.2) is 38.3 Å². The van der Waals surface area contributed by atoms with Gasteiger partial charge in [0.1, 0.15) is 6.61 Å². The average molecular weight is 270 g/mol. The molecule has 0 radical (unpaired) electrons. The summed E-state index contributed by atoms with van der Waals surface area (Å²) in [6.45, 7) is 0.424. The zero-order valence-electron chi connectivity index (χ0n) is 10.4. The Balaban J connectivity index is 3.19. The fraction of sp³-hybridized carbons (Fsp3) is 0.364. The standard InChI is InChI=1S/C11H13NO7/c1-17-3-4-19-10-6-8(12(15)16)7(11(13)14)5-9(10)18-2/h5-6H,3-4H2,1-2H3,(H,13,14)/p-1. The molecule has 0 unspecified atom stereocenters. The van der Waals surface area contributed by atoms with Gasteiger partial charge in [-0.05, 0) is 6.07 Å². The van der Waals surface area contributed by atoms with E-state index >= 15 is 0 Å². The molecule has 0 saturated heterocycles. The van der Waals surface area contributed by atoms with Gasteiger partial charge in [-0.15, -0.1) is 0 Å². The van der Waals surface area contributed by atoms with Gasteiger partial charge in [-0.25, -0.2) is 0 Å². The smallest absolute Gasteiger partial charge is 0.282 e. The molecule has 8 heteroatoms. The van der Waals surface area contributed by atoms with E-state index in [1.165, 1.54) is 14.2 Å². The summed E-state index contributed by atoms with van der Waals surface area (Å²) in [5, 5.41) is 21.6. The molecule has 104 valence electrons. The molecule has 0 N–H and O–H groups in total. The van der Waals surface area contributed by atoms with Gasteiger partial charge in [0, 0.05) is 7.11 Å². The number of aromatic carboxylic acids is 1. The van der Waals surface area contributed by atoms with Crippen LogP contribution in [0.5, 0.6) is 11.5 Å². The highest BCUT2D eigenvalue weighted by atomic mass is 16.6. The lowest BCUT2D eigenvalue weighted by atomic mass is 10.1. The van der Waals surface area contributed by atoms with Crippen LogP contribution in [0.25, 0.3) is 0 Å². The summed E-state index contributed by atoms with van der Waals surface area (Å²) < 4.78 is 14.9. The number of hydrogen-bond acceptors (Lipinski definition) is 7. The Labute approximate surface area is 108 Å². The lowest BCUT2D eigenvalue weighted by Crippen LogP contribution is -2.23. The highest BCUT2D eigenvalue weighted by Crippen LogP contribution is 2.34. The largest absolute Gasteiger partial charge is 0.545 e. The number of nitro benzene ring substituents is 1. The van der Waals surface area contributed by atoms with Crippen LogP contribution < -0.4 is 14.6 Å². The first-order valence-corrected chi connectivity index (χ1v) is 5.20. The molecular formula is C11H12NO7-. The molecule has 0 heterocycles. The third-order valence-electron chi connectivity index (χ3n) is 2.24. The molecule has 0 saturated carbocycles. The van der Waals surface area contributed by atoms with Crippen LogP contribution in [0.2, 0.25) is 0 Å². The van der Waals surface area contributed by atoms with Crippen molar-refractivity contribution >= 4 is 11.7 Å². The average Bonchev–Trinajstić information content (AvgIpc) is 2.38. The molecule has 0 bridgehead atoms. The molecule has 0 aliphatic heterocycles. The highest BCUT2D eigenvalue weighted by molar-refractivity contribution is 5.92. The zero-order valence-corrected chi connectivity index (χ0v) is 10.4. The molecule has 1 aromatic rings. The molecule has 0 spiro atoms. The predicted molar refractivity (Wildman–Crippen MR) is 61.3 cm³/mol. The minimum atomic E-state index is -1.66. The number of rotatable bonds is 7. The highest BCUT2D eigenvalue weighted by Gasteiger charge is 2.20. The molecule has 0 amide bonds. The van der Waals surface area contributed by atoms with Gasteiger partial charge in [-0.1, -0.05) is 0 Å². The second-order valence-electron chi connectivity index (χ2n) is 3.41. The Morgan fingerprint density at radius 2 is 1.95 bits per heavy atom. The number of carboxylic acids is 1. The van der Waals surface area contributed by atoms with E-state index in [1.807, 2.05) is 0 Å². The first-order chi connectivity index (χ1) is 9.01. The second kappa shape index (κ2) is 6.55. The zero-order chi connectivity index (χ0) is 14.4. The normalized spacial score (nSPS) is 10.0. The van der Waals surface area contributed by atoms with Crippen molar-refractivity contribution in [2.75, 3.05) is 27.4 Å². The van der Waals surface area contributed by atoms with E-state index < -0.39 is 22.1 Å².